The molecule has 0 heterocycles. The zero-order chi connectivity index (χ0) is 18.9. The first-order valence-corrected chi connectivity index (χ1v) is 10.7. The molecule has 0 radical (unpaired) electrons. The third kappa shape index (κ3) is 6.17. The Kier molecular flexibility index (Phi) is 8.17. The summed E-state index contributed by atoms with van der Waals surface area (Å²) in [7, 11) is 1.74. The average molecular weight is 421 g/mol. The first-order chi connectivity index (χ1) is 12.5. The Morgan fingerprint density at radius 2 is 1.65 bits per heavy atom. The first-order valence-electron chi connectivity index (χ1n) is 8.68. The van der Waals surface area contributed by atoms with E-state index in [1.54, 1.807) is 14.0 Å². The van der Waals surface area contributed by atoms with Gasteiger partial charge in [-0.1, -0.05) is 0 Å². The van der Waals surface area contributed by atoms with Gasteiger partial charge in [0.2, 0.25) is 0 Å². The fourth-order valence-corrected chi connectivity index (χ4v) is 4.66. The summed E-state index contributed by atoms with van der Waals surface area (Å²) in [6.45, 7) is 5.38. The van der Waals surface area contributed by atoms with E-state index in [4.69, 9.17) is 14.2 Å². The van der Waals surface area contributed by atoms with Gasteiger partial charge in [0.05, 0.1) is 0 Å². The number of para-hydroxylation sites is 1. The summed E-state index contributed by atoms with van der Waals surface area (Å²) >= 11 is 0.148. The zero-order valence-electron chi connectivity index (χ0n) is 15.7. The number of hydrogen-bond donors (Lipinski definition) is 0. The van der Waals surface area contributed by atoms with Gasteiger partial charge in [0.15, 0.2) is 0 Å². The standard InChI is InChI=1S/C21H26O4Se/c1-15(2)24-21(22)16(3)25-18-12-8-9-13-20(18)26-14-19(23-4)17-10-6-5-7-11-17/h5-13,15-16,19H,14H2,1-4H3/t16-,19?/m1/s1. The van der Waals surface area contributed by atoms with Crippen LogP contribution in [0.15, 0.2) is 54.6 Å². The molecule has 2 atom stereocenters. The minimum absolute atomic E-state index is 0.0487. The molecule has 0 aliphatic carbocycles. The number of ether oxygens (including phenoxy) is 3. The molecule has 1 unspecified atom stereocenters. The van der Waals surface area contributed by atoms with Crippen molar-refractivity contribution >= 4 is 25.4 Å². The second kappa shape index (κ2) is 10.4. The second-order valence-electron chi connectivity index (χ2n) is 6.14. The Labute approximate surface area is 162 Å². The van der Waals surface area contributed by atoms with Gasteiger partial charge in [-0.2, -0.15) is 0 Å². The molecular weight excluding hydrogens is 395 g/mol. The quantitative estimate of drug-likeness (QED) is 0.459. The summed E-state index contributed by atoms with van der Waals surface area (Å²) in [5, 5.41) is 0.888. The van der Waals surface area contributed by atoms with Crippen LogP contribution in [0, 0.1) is 0 Å². The Bertz CT molecular complexity index is 687. The molecule has 26 heavy (non-hydrogen) atoms. The van der Waals surface area contributed by atoms with Crippen LogP contribution in [0.1, 0.15) is 32.4 Å². The normalized spacial score (nSPS) is 13.3. The number of benzene rings is 2. The van der Waals surface area contributed by atoms with Crippen LogP contribution in [-0.4, -0.2) is 40.2 Å². The van der Waals surface area contributed by atoms with E-state index in [1.807, 2.05) is 56.3 Å². The topological polar surface area (TPSA) is 44.8 Å². The number of rotatable bonds is 9. The summed E-state index contributed by atoms with van der Waals surface area (Å²) in [6.07, 6.45) is -0.740. The van der Waals surface area contributed by atoms with E-state index in [1.165, 1.54) is 5.56 Å². The average Bonchev–Trinajstić information content (AvgIpc) is 2.63. The van der Waals surface area contributed by atoms with E-state index in [-0.39, 0.29) is 33.1 Å². The van der Waals surface area contributed by atoms with Crippen LogP contribution in [0.2, 0.25) is 5.32 Å². The second-order valence-corrected chi connectivity index (χ2v) is 8.37. The molecule has 2 aromatic rings. The van der Waals surface area contributed by atoms with Crippen molar-refractivity contribution in [3.05, 3.63) is 60.2 Å². The van der Waals surface area contributed by atoms with E-state index >= 15 is 0 Å². The van der Waals surface area contributed by atoms with Crippen LogP contribution in [0.5, 0.6) is 5.75 Å². The fourth-order valence-electron chi connectivity index (χ4n) is 2.37. The van der Waals surface area contributed by atoms with Crippen molar-refractivity contribution < 1.29 is 19.0 Å². The molecule has 0 amide bonds. The van der Waals surface area contributed by atoms with Crippen LogP contribution in [0.4, 0.5) is 0 Å². The Morgan fingerprint density at radius 1 is 1.00 bits per heavy atom. The van der Waals surface area contributed by atoms with E-state index in [0.29, 0.717) is 0 Å². The van der Waals surface area contributed by atoms with Gasteiger partial charge >= 0.3 is 162 Å². The maximum atomic E-state index is 12.0. The third-order valence-corrected chi connectivity index (χ3v) is 6.03. The predicted molar refractivity (Wildman–Crippen MR) is 104 cm³/mol. The van der Waals surface area contributed by atoms with Crippen LogP contribution >= 0.6 is 0 Å². The van der Waals surface area contributed by atoms with Crippen molar-refractivity contribution in [3.63, 3.8) is 0 Å². The van der Waals surface area contributed by atoms with Crippen molar-refractivity contribution in [1.29, 1.82) is 0 Å². The molecule has 0 aliphatic heterocycles. The molecule has 0 fully saturated rings. The van der Waals surface area contributed by atoms with Gasteiger partial charge in [0.25, 0.3) is 0 Å². The van der Waals surface area contributed by atoms with Crippen molar-refractivity contribution in [2.75, 3.05) is 7.11 Å². The zero-order valence-corrected chi connectivity index (χ0v) is 17.4. The summed E-state index contributed by atoms with van der Waals surface area (Å²) in [6, 6.07) is 18.1. The van der Waals surface area contributed by atoms with Crippen LogP contribution in [0.3, 0.4) is 0 Å². The van der Waals surface area contributed by atoms with Gasteiger partial charge in [0, 0.05) is 0 Å². The molecule has 4 nitrogen and oxygen atoms in total. The van der Waals surface area contributed by atoms with Crippen molar-refractivity contribution in [3.8, 4) is 5.75 Å². The van der Waals surface area contributed by atoms with Crippen LogP contribution in [-0.2, 0) is 14.3 Å². The van der Waals surface area contributed by atoms with Gasteiger partial charge < -0.3 is 0 Å². The van der Waals surface area contributed by atoms with Crippen molar-refractivity contribution in [1.82, 2.24) is 0 Å². The molecule has 2 rings (SSSR count). The van der Waals surface area contributed by atoms with E-state index in [2.05, 4.69) is 12.1 Å². The fraction of sp³-hybridized carbons (Fsp3) is 0.381. The van der Waals surface area contributed by atoms with Crippen molar-refractivity contribution in [2.24, 2.45) is 0 Å². The van der Waals surface area contributed by atoms with E-state index in [9.17, 15) is 4.79 Å². The molecule has 0 saturated carbocycles. The number of hydrogen-bond acceptors (Lipinski definition) is 4. The van der Waals surface area contributed by atoms with Crippen LogP contribution < -0.4 is 9.20 Å². The summed E-state index contributed by atoms with van der Waals surface area (Å²) in [4.78, 5) is 12.0. The first kappa shape index (κ1) is 20.5. The Morgan fingerprint density at radius 3 is 2.31 bits per heavy atom. The Balaban J connectivity index is 2.03. The summed E-state index contributed by atoms with van der Waals surface area (Å²) in [5.74, 6) is 0.393. The molecule has 0 saturated heterocycles. The molecule has 0 aliphatic rings. The summed E-state index contributed by atoms with van der Waals surface area (Å²) in [5.41, 5.74) is 1.17. The van der Waals surface area contributed by atoms with Gasteiger partial charge in [0.1, 0.15) is 0 Å². The monoisotopic (exact) mass is 422 g/mol. The minimum atomic E-state index is -0.637. The van der Waals surface area contributed by atoms with Crippen LogP contribution in [0.25, 0.3) is 0 Å². The van der Waals surface area contributed by atoms with Gasteiger partial charge in [-0.15, -0.1) is 0 Å². The SMILES string of the molecule is COC(C[Se]c1ccccc1O[C@H](C)C(=O)OC(C)C)c1ccccc1. The number of carbonyl (C=O) groups excluding carboxylic acids is 1. The van der Waals surface area contributed by atoms with Gasteiger partial charge in [-0.25, -0.2) is 0 Å². The number of carbonyl (C=O) groups is 1. The maximum absolute atomic E-state index is 12.0. The predicted octanol–water partition coefficient (Wildman–Crippen LogP) is 3.54. The van der Waals surface area contributed by atoms with Gasteiger partial charge in [-0.05, 0) is 0 Å². The molecule has 0 aromatic heterocycles. The third-order valence-electron chi connectivity index (χ3n) is 3.68. The summed E-state index contributed by atoms with van der Waals surface area (Å²) < 4.78 is 17.9. The molecule has 2 aromatic carbocycles. The van der Waals surface area contributed by atoms with Crippen molar-refractivity contribution in [2.45, 2.75) is 44.4 Å². The van der Waals surface area contributed by atoms with E-state index in [0.717, 1.165) is 15.5 Å². The molecule has 5 heteroatoms. The Hall–Kier alpha value is -1.81. The molecular formula is C21H26O4Se. The molecule has 0 bridgehead atoms. The number of methoxy groups -OCH3 is 1. The molecule has 0 spiro atoms. The number of esters is 1. The van der Waals surface area contributed by atoms with Gasteiger partial charge in [-0.3, -0.25) is 0 Å². The van der Waals surface area contributed by atoms with E-state index < -0.39 is 6.10 Å². The molecule has 0 N–H and O–H groups in total. The molecule has 140 valence electrons.